The molecule has 0 saturated carbocycles. The van der Waals surface area contributed by atoms with Crippen LogP contribution in [0.2, 0.25) is 0 Å². The molecule has 1 aromatic heterocycles. The van der Waals surface area contributed by atoms with Gasteiger partial charge in [0.05, 0.1) is 21.5 Å². The van der Waals surface area contributed by atoms with Gasteiger partial charge < -0.3 is 5.11 Å². The van der Waals surface area contributed by atoms with Crippen molar-refractivity contribution in [3.8, 4) is 0 Å². The van der Waals surface area contributed by atoms with Gasteiger partial charge in [-0.3, -0.25) is 4.68 Å². The highest BCUT2D eigenvalue weighted by molar-refractivity contribution is 9.10. The molecule has 1 N–H and O–H groups in total. The van der Waals surface area contributed by atoms with Crippen LogP contribution < -0.4 is 0 Å². The van der Waals surface area contributed by atoms with E-state index in [2.05, 4.69) is 34.9 Å². The highest BCUT2D eigenvalue weighted by atomic mass is 79.9. The Hall–Kier alpha value is -1.13. The first-order chi connectivity index (χ1) is 10.0. The molecule has 0 aliphatic heterocycles. The van der Waals surface area contributed by atoms with E-state index in [1.165, 1.54) is 0 Å². The molecule has 1 heterocycles. The van der Waals surface area contributed by atoms with E-state index in [-0.39, 0.29) is 0 Å². The summed E-state index contributed by atoms with van der Waals surface area (Å²) in [7, 11) is 1.94. The van der Waals surface area contributed by atoms with Gasteiger partial charge in [-0.1, -0.05) is 50.6 Å². The molecule has 1 atom stereocenters. The number of aromatic nitrogens is 2. The van der Waals surface area contributed by atoms with Crippen LogP contribution in [0.1, 0.15) is 43.6 Å². The highest BCUT2D eigenvalue weighted by Gasteiger charge is 2.31. The lowest BCUT2D eigenvalue weighted by molar-refractivity contribution is 0.0249. The summed E-state index contributed by atoms with van der Waals surface area (Å²) >= 11 is 3.64. The van der Waals surface area contributed by atoms with Crippen LogP contribution in [0.4, 0.5) is 0 Å². The first-order valence-corrected chi connectivity index (χ1v) is 8.29. The Balaban J connectivity index is 2.39. The zero-order valence-electron chi connectivity index (χ0n) is 12.9. The van der Waals surface area contributed by atoms with E-state index in [1.807, 2.05) is 42.1 Å². The lowest BCUT2D eigenvalue weighted by atomic mass is 9.85. The number of aliphatic hydroxyl groups is 1. The van der Waals surface area contributed by atoms with Gasteiger partial charge in [-0.25, -0.2) is 0 Å². The standard InChI is InChI=1S/C17H23BrN2O/c1-4-11-17(21,13-9-7-6-8-10-13)12-15-16(18)14(5-2)19-20(15)3/h6-10,21H,4-5,11-12H2,1-3H3. The van der Waals surface area contributed by atoms with Crippen molar-refractivity contribution in [1.29, 1.82) is 0 Å². The van der Waals surface area contributed by atoms with Crippen LogP contribution in [0.15, 0.2) is 34.8 Å². The van der Waals surface area contributed by atoms with Crippen molar-refractivity contribution < 1.29 is 5.11 Å². The van der Waals surface area contributed by atoms with Gasteiger partial charge in [0, 0.05) is 13.5 Å². The quantitative estimate of drug-likeness (QED) is 0.855. The van der Waals surface area contributed by atoms with Crippen LogP contribution in [0.25, 0.3) is 0 Å². The number of aryl methyl sites for hydroxylation is 2. The maximum absolute atomic E-state index is 11.2. The third-order valence-corrected chi connectivity index (χ3v) is 4.85. The van der Waals surface area contributed by atoms with Crippen molar-refractivity contribution in [2.45, 2.75) is 45.1 Å². The van der Waals surface area contributed by atoms with Gasteiger partial charge in [0.2, 0.25) is 0 Å². The molecule has 2 rings (SSSR count). The average molecular weight is 351 g/mol. The largest absolute Gasteiger partial charge is 0.385 e. The summed E-state index contributed by atoms with van der Waals surface area (Å²) < 4.78 is 2.91. The van der Waals surface area contributed by atoms with Crippen LogP contribution in [-0.2, 0) is 25.5 Å². The summed E-state index contributed by atoms with van der Waals surface area (Å²) in [5.41, 5.74) is 2.21. The van der Waals surface area contributed by atoms with E-state index in [0.29, 0.717) is 6.42 Å². The number of nitrogens with zero attached hydrogens (tertiary/aromatic N) is 2. The summed E-state index contributed by atoms with van der Waals surface area (Å²) in [6.07, 6.45) is 3.11. The number of halogens is 1. The minimum absolute atomic E-state index is 0.564. The van der Waals surface area contributed by atoms with Gasteiger partial charge in [-0.05, 0) is 34.3 Å². The Morgan fingerprint density at radius 1 is 1.24 bits per heavy atom. The maximum atomic E-state index is 11.2. The molecule has 21 heavy (non-hydrogen) atoms. The van der Waals surface area contributed by atoms with Crippen molar-refractivity contribution in [2.75, 3.05) is 0 Å². The van der Waals surface area contributed by atoms with Gasteiger partial charge in [0.15, 0.2) is 0 Å². The average Bonchev–Trinajstić information content (AvgIpc) is 2.76. The summed E-state index contributed by atoms with van der Waals surface area (Å²) in [5, 5.41) is 15.7. The Labute approximate surface area is 135 Å². The predicted molar refractivity (Wildman–Crippen MR) is 89.2 cm³/mol. The molecule has 0 bridgehead atoms. The van der Waals surface area contributed by atoms with Crippen molar-refractivity contribution in [1.82, 2.24) is 9.78 Å². The molecule has 0 fully saturated rings. The fraction of sp³-hybridized carbons (Fsp3) is 0.471. The molecule has 0 aliphatic rings. The molecule has 0 spiro atoms. The monoisotopic (exact) mass is 350 g/mol. The van der Waals surface area contributed by atoms with E-state index >= 15 is 0 Å². The van der Waals surface area contributed by atoms with Crippen LogP contribution in [0.3, 0.4) is 0 Å². The van der Waals surface area contributed by atoms with Gasteiger partial charge in [0.1, 0.15) is 0 Å². The lowest BCUT2D eigenvalue weighted by Gasteiger charge is -2.28. The first kappa shape index (κ1) is 16.2. The van der Waals surface area contributed by atoms with Crippen LogP contribution in [-0.4, -0.2) is 14.9 Å². The second kappa shape index (κ2) is 6.75. The Bertz CT molecular complexity index is 594. The summed E-state index contributed by atoms with van der Waals surface area (Å²) in [6, 6.07) is 9.93. The highest BCUT2D eigenvalue weighted by Crippen LogP contribution is 2.33. The molecule has 114 valence electrons. The predicted octanol–water partition coefficient (Wildman–Crippen LogP) is 3.98. The summed E-state index contributed by atoms with van der Waals surface area (Å²) in [6.45, 7) is 4.19. The second-order valence-corrected chi connectivity index (χ2v) is 6.30. The minimum Gasteiger partial charge on any atom is -0.385 e. The van der Waals surface area contributed by atoms with Gasteiger partial charge in [-0.2, -0.15) is 5.10 Å². The zero-order valence-corrected chi connectivity index (χ0v) is 14.5. The zero-order chi connectivity index (χ0) is 15.5. The van der Waals surface area contributed by atoms with E-state index < -0.39 is 5.60 Å². The van der Waals surface area contributed by atoms with Crippen molar-refractivity contribution in [3.63, 3.8) is 0 Å². The summed E-state index contributed by atoms with van der Waals surface area (Å²) in [5.74, 6) is 0. The van der Waals surface area contributed by atoms with Gasteiger partial charge >= 0.3 is 0 Å². The number of rotatable bonds is 6. The van der Waals surface area contributed by atoms with E-state index in [4.69, 9.17) is 0 Å². The molecular weight excluding hydrogens is 328 g/mol. The SMILES string of the molecule is CCCC(O)(Cc1c(Br)c(CC)nn1C)c1ccccc1. The molecule has 0 amide bonds. The van der Waals surface area contributed by atoms with E-state index in [1.54, 1.807) is 0 Å². The first-order valence-electron chi connectivity index (χ1n) is 7.50. The molecule has 0 saturated heterocycles. The molecule has 1 unspecified atom stereocenters. The number of hydrogen-bond acceptors (Lipinski definition) is 2. The molecule has 1 aromatic carbocycles. The van der Waals surface area contributed by atoms with Crippen LogP contribution in [0, 0.1) is 0 Å². The second-order valence-electron chi connectivity index (χ2n) is 5.51. The third-order valence-electron chi connectivity index (χ3n) is 3.94. The fourth-order valence-electron chi connectivity index (χ4n) is 2.79. The topological polar surface area (TPSA) is 38.1 Å². The third kappa shape index (κ3) is 3.38. The molecule has 0 aliphatic carbocycles. The van der Waals surface area contributed by atoms with Crippen molar-refractivity contribution in [2.24, 2.45) is 7.05 Å². The molecule has 2 aromatic rings. The van der Waals surface area contributed by atoms with E-state index in [9.17, 15) is 5.11 Å². The van der Waals surface area contributed by atoms with Crippen LogP contribution >= 0.6 is 15.9 Å². The Morgan fingerprint density at radius 2 is 1.90 bits per heavy atom. The van der Waals surface area contributed by atoms with Crippen molar-refractivity contribution >= 4 is 15.9 Å². The van der Waals surface area contributed by atoms with Gasteiger partial charge in [-0.15, -0.1) is 0 Å². The smallest absolute Gasteiger partial charge is 0.0951 e. The molecular formula is C17H23BrN2O. The fourth-order valence-corrected chi connectivity index (χ4v) is 3.54. The molecule has 3 nitrogen and oxygen atoms in total. The molecule has 0 radical (unpaired) electrons. The number of benzene rings is 1. The Morgan fingerprint density at radius 3 is 2.43 bits per heavy atom. The molecule has 4 heteroatoms. The van der Waals surface area contributed by atoms with E-state index in [0.717, 1.165) is 40.7 Å². The van der Waals surface area contributed by atoms with Crippen molar-refractivity contribution in [3.05, 3.63) is 51.8 Å². The maximum Gasteiger partial charge on any atom is 0.0951 e. The normalized spacial score (nSPS) is 14.1. The van der Waals surface area contributed by atoms with Gasteiger partial charge in [0.25, 0.3) is 0 Å². The van der Waals surface area contributed by atoms with Crippen LogP contribution in [0.5, 0.6) is 0 Å². The summed E-state index contributed by atoms with van der Waals surface area (Å²) in [4.78, 5) is 0. The lowest BCUT2D eigenvalue weighted by Crippen LogP contribution is -2.29. The Kier molecular flexibility index (Phi) is 5.22. The minimum atomic E-state index is -0.850. The number of hydrogen-bond donors (Lipinski definition) is 1.